The normalized spacial score (nSPS) is 21.8. The molecule has 1 amide bonds. The first-order chi connectivity index (χ1) is 12.1. The predicted molar refractivity (Wildman–Crippen MR) is 96.9 cm³/mol. The molecule has 1 atom stereocenters. The Hall–Kier alpha value is -2.12. The van der Waals surface area contributed by atoms with Crippen molar-refractivity contribution in [3.63, 3.8) is 0 Å². The molecule has 2 aliphatic rings. The van der Waals surface area contributed by atoms with Gasteiger partial charge in [0, 0.05) is 31.7 Å². The zero-order chi connectivity index (χ0) is 17.4. The molecule has 0 saturated carbocycles. The molecule has 0 bridgehead atoms. The number of β-amino-alcohol motifs (C(OH)–C–C–N with tert-alkyl or cyclic N) is 1. The van der Waals surface area contributed by atoms with Crippen LogP contribution in [0.2, 0.25) is 0 Å². The quantitative estimate of drug-likeness (QED) is 0.761. The van der Waals surface area contributed by atoms with E-state index in [0.717, 1.165) is 55.9 Å². The van der Waals surface area contributed by atoms with Crippen LogP contribution in [-0.4, -0.2) is 58.9 Å². The fourth-order valence-electron chi connectivity index (χ4n) is 3.77. The largest absolute Gasteiger partial charge is 0.391 e. The van der Waals surface area contributed by atoms with Crippen LogP contribution in [0.5, 0.6) is 0 Å². The average molecular weight is 343 g/mol. The van der Waals surface area contributed by atoms with Gasteiger partial charge in [0.2, 0.25) is 5.95 Å². The Labute approximate surface area is 147 Å². The van der Waals surface area contributed by atoms with Crippen LogP contribution < -0.4 is 15.5 Å². The molecule has 0 unspecified atom stereocenters. The number of hydrogen-bond acceptors (Lipinski definition) is 5. The molecule has 0 radical (unpaired) electrons. The highest BCUT2D eigenvalue weighted by Gasteiger charge is 2.24. The predicted octanol–water partition coefficient (Wildman–Crippen LogP) is 0.626. The molecule has 25 heavy (non-hydrogen) atoms. The third kappa shape index (κ3) is 3.21. The zero-order valence-electron chi connectivity index (χ0n) is 14.5. The van der Waals surface area contributed by atoms with Crippen molar-refractivity contribution >= 4 is 22.9 Å². The van der Waals surface area contributed by atoms with Crippen LogP contribution in [0.3, 0.4) is 0 Å². The van der Waals surface area contributed by atoms with Gasteiger partial charge in [-0.05, 0) is 50.6 Å². The molecular weight excluding hydrogens is 318 g/mol. The van der Waals surface area contributed by atoms with Crippen molar-refractivity contribution in [3.8, 4) is 0 Å². The number of fused-ring (bicyclic) bond motifs is 1. The second-order valence-electron chi connectivity index (χ2n) is 7.06. The standard InChI is InChI=1S/C18H25N5O2/c1-22-16-3-2-12(17(25)20-13-4-7-19-8-5-13)10-15(16)21-18(22)23-9-6-14(24)11-23/h2-3,10,13-14,19,24H,4-9,11H2,1H3,(H,20,25)/t14-/m0/s1. The summed E-state index contributed by atoms with van der Waals surface area (Å²) in [4.78, 5) is 19.3. The minimum absolute atomic E-state index is 0.0300. The molecule has 3 heterocycles. The fourth-order valence-corrected chi connectivity index (χ4v) is 3.77. The Kier molecular flexibility index (Phi) is 4.35. The Morgan fingerprint density at radius 3 is 2.84 bits per heavy atom. The number of aliphatic hydroxyl groups excluding tert-OH is 1. The van der Waals surface area contributed by atoms with Gasteiger partial charge in [-0.1, -0.05) is 0 Å². The number of nitrogens with one attached hydrogen (secondary N) is 2. The Balaban J connectivity index is 1.56. The van der Waals surface area contributed by atoms with Gasteiger partial charge in [-0.25, -0.2) is 4.98 Å². The zero-order valence-corrected chi connectivity index (χ0v) is 14.5. The van der Waals surface area contributed by atoms with E-state index in [1.165, 1.54) is 0 Å². The lowest BCUT2D eigenvalue weighted by molar-refractivity contribution is 0.0929. The number of rotatable bonds is 3. The van der Waals surface area contributed by atoms with Gasteiger partial charge in [-0.2, -0.15) is 0 Å². The molecule has 0 spiro atoms. The number of piperidine rings is 1. The molecule has 2 aromatic rings. The van der Waals surface area contributed by atoms with Crippen LogP contribution in [0.4, 0.5) is 5.95 Å². The summed E-state index contributed by atoms with van der Waals surface area (Å²) in [6, 6.07) is 5.93. The first kappa shape index (κ1) is 16.4. The van der Waals surface area contributed by atoms with Crippen molar-refractivity contribution < 1.29 is 9.90 Å². The van der Waals surface area contributed by atoms with Crippen molar-refractivity contribution in [1.82, 2.24) is 20.2 Å². The van der Waals surface area contributed by atoms with Gasteiger partial charge in [0.1, 0.15) is 0 Å². The van der Waals surface area contributed by atoms with Gasteiger partial charge in [0.15, 0.2) is 0 Å². The van der Waals surface area contributed by atoms with Crippen molar-refractivity contribution in [2.24, 2.45) is 7.05 Å². The Morgan fingerprint density at radius 2 is 2.12 bits per heavy atom. The highest BCUT2D eigenvalue weighted by atomic mass is 16.3. The van der Waals surface area contributed by atoms with Gasteiger partial charge in [0.25, 0.3) is 5.91 Å². The first-order valence-corrected chi connectivity index (χ1v) is 9.03. The minimum Gasteiger partial charge on any atom is -0.391 e. The van der Waals surface area contributed by atoms with Crippen LogP contribution in [0, 0.1) is 0 Å². The summed E-state index contributed by atoms with van der Waals surface area (Å²) < 4.78 is 2.03. The number of aliphatic hydroxyl groups is 1. The van der Waals surface area contributed by atoms with Gasteiger partial charge in [-0.3, -0.25) is 4.79 Å². The van der Waals surface area contributed by atoms with Crippen molar-refractivity contribution in [2.75, 3.05) is 31.1 Å². The lowest BCUT2D eigenvalue weighted by atomic mass is 10.1. The number of carbonyl (C=O) groups is 1. The van der Waals surface area contributed by atoms with E-state index in [2.05, 4.69) is 15.5 Å². The summed E-state index contributed by atoms with van der Waals surface area (Å²) in [7, 11) is 1.98. The molecule has 7 heteroatoms. The first-order valence-electron chi connectivity index (χ1n) is 9.03. The smallest absolute Gasteiger partial charge is 0.251 e. The van der Waals surface area contributed by atoms with Crippen molar-refractivity contribution in [1.29, 1.82) is 0 Å². The van der Waals surface area contributed by atoms with E-state index >= 15 is 0 Å². The molecule has 4 rings (SSSR count). The monoisotopic (exact) mass is 343 g/mol. The summed E-state index contributed by atoms with van der Waals surface area (Å²) in [5, 5.41) is 16.2. The second kappa shape index (κ2) is 6.65. The SMILES string of the molecule is Cn1c(N2CC[C@H](O)C2)nc2cc(C(=O)NC3CCNCC3)ccc21. The van der Waals surface area contributed by atoms with Gasteiger partial charge < -0.3 is 25.2 Å². The highest BCUT2D eigenvalue weighted by molar-refractivity contribution is 5.97. The summed E-state index contributed by atoms with van der Waals surface area (Å²) >= 11 is 0. The third-order valence-electron chi connectivity index (χ3n) is 5.24. The van der Waals surface area contributed by atoms with Crippen LogP contribution in [0.25, 0.3) is 11.0 Å². The molecule has 7 nitrogen and oxygen atoms in total. The van der Waals surface area contributed by atoms with E-state index in [-0.39, 0.29) is 18.1 Å². The lowest BCUT2D eigenvalue weighted by Gasteiger charge is -2.23. The lowest BCUT2D eigenvalue weighted by Crippen LogP contribution is -2.42. The van der Waals surface area contributed by atoms with Crippen LogP contribution in [0.1, 0.15) is 29.6 Å². The van der Waals surface area contributed by atoms with Crippen LogP contribution >= 0.6 is 0 Å². The van der Waals surface area contributed by atoms with E-state index in [1.807, 2.05) is 29.8 Å². The Morgan fingerprint density at radius 1 is 1.32 bits per heavy atom. The second-order valence-corrected chi connectivity index (χ2v) is 7.06. The topological polar surface area (TPSA) is 82.4 Å². The summed E-state index contributed by atoms with van der Waals surface area (Å²) in [5.41, 5.74) is 2.46. The molecular formula is C18H25N5O2. The maximum Gasteiger partial charge on any atom is 0.251 e. The van der Waals surface area contributed by atoms with Gasteiger partial charge in [0.05, 0.1) is 17.1 Å². The minimum atomic E-state index is -0.286. The Bertz CT molecular complexity index is 781. The molecule has 1 aromatic carbocycles. The average Bonchev–Trinajstić information content (AvgIpc) is 3.19. The maximum atomic E-state index is 12.5. The number of aryl methyl sites for hydroxylation is 1. The molecule has 134 valence electrons. The number of aromatic nitrogens is 2. The summed E-state index contributed by atoms with van der Waals surface area (Å²) in [6.45, 7) is 3.33. The van der Waals surface area contributed by atoms with Crippen molar-refractivity contribution in [2.45, 2.75) is 31.4 Å². The molecule has 2 aliphatic heterocycles. The third-order valence-corrected chi connectivity index (χ3v) is 5.24. The maximum absolute atomic E-state index is 12.5. The van der Waals surface area contributed by atoms with Crippen LogP contribution in [-0.2, 0) is 7.05 Å². The molecule has 2 saturated heterocycles. The summed E-state index contributed by atoms with van der Waals surface area (Å²) in [5.74, 6) is 0.820. The van der Waals surface area contributed by atoms with E-state index in [0.29, 0.717) is 12.1 Å². The number of nitrogens with zero attached hydrogens (tertiary/aromatic N) is 3. The summed E-state index contributed by atoms with van der Waals surface area (Å²) in [6.07, 6.45) is 2.43. The number of hydrogen-bond donors (Lipinski definition) is 3. The number of anilines is 1. The number of benzene rings is 1. The van der Waals surface area contributed by atoms with Gasteiger partial charge >= 0.3 is 0 Å². The van der Waals surface area contributed by atoms with Crippen molar-refractivity contribution in [3.05, 3.63) is 23.8 Å². The number of amides is 1. The van der Waals surface area contributed by atoms with Crippen LogP contribution in [0.15, 0.2) is 18.2 Å². The fraction of sp³-hybridized carbons (Fsp3) is 0.556. The highest BCUT2D eigenvalue weighted by Crippen LogP contribution is 2.25. The van der Waals surface area contributed by atoms with E-state index < -0.39 is 0 Å². The number of imidazole rings is 1. The van der Waals surface area contributed by atoms with E-state index in [9.17, 15) is 9.90 Å². The molecule has 2 fully saturated rings. The molecule has 0 aliphatic carbocycles. The number of carbonyl (C=O) groups excluding carboxylic acids is 1. The molecule has 3 N–H and O–H groups in total. The van der Waals surface area contributed by atoms with E-state index in [1.54, 1.807) is 0 Å². The molecule has 1 aromatic heterocycles. The van der Waals surface area contributed by atoms with Gasteiger partial charge in [-0.15, -0.1) is 0 Å². The van der Waals surface area contributed by atoms with E-state index in [4.69, 9.17) is 4.98 Å².